The number of carbonyl (C=O) groups excluding carboxylic acids is 2. The molecule has 1 heterocycles. The van der Waals surface area contributed by atoms with E-state index in [1.807, 2.05) is 30.3 Å². The van der Waals surface area contributed by atoms with Crippen LogP contribution in [0, 0.1) is 5.82 Å². The molecule has 3 rings (SSSR count). The minimum absolute atomic E-state index is 0.0200. The van der Waals surface area contributed by atoms with Crippen molar-refractivity contribution in [3.63, 3.8) is 0 Å². The number of benzene rings is 2. The average Bonchev–Trinajstić information content (AvgIpc) is 2.74. The highest BCUT2D eigenvalue weighted by Crippen LogP contribution is 2.12. The van der Waals surface area contributed by atoms with Gasteiger partial charge in [-0.3, -0.25) is 14.5 Å². The lowest BCUT2D eigenvalue weighted by Crippen LogP contribution is -2.49. The Hall–Kier alpha value is -2.77. The molecule has 0 spiro atoms. The Morgan fingerprint density at radius 2 is 1.52 bits per heavy atom. The molecular weight excluding hydrogens is 371 g/mol. The summed E-state index contributed by atoms with van der Waals surface area (Å²) in [6.45, 7) is 4.72. The first-order valence-corrected chi connectivity index (χ1v) is 9.90. The van der Waals surface area contributed by atoms with E-state index in [0.29, 0.717) is 26.1 Å². The van der Waals surface area contributed by atoms with Crippen LogP contribution in [-0.2, 0) is 16.1 Å². The van der Waals surface area contributed by atoms with E-state index in [9.17, 15) is 14.0 Å². The molecule has 2 N–H and O–H groups in total. The molecule has 1 aliphatic rings. The molecule has 1 saturated heterocycles. The Labute approximate surface area is 170 Å². The Balaban J connectivity index is 1.31. The van der Waals surface area contributed by atoms with Crippen molar-refractivity contribution >= 4 is 17.5 Å². The van der Waals surface area contributed by atoms with Gasteiger partial charge in [-0.15, -0.1) is 0 Å². The molecule has 2 amide bonds. The van der Waals surface area contributed by atoms with E-state index < -0.39 is 5.82 Å². The van der Waals surface area contributed by atoms with Gasteiger partial charge in [0.25, 0.3) is 0 Å². The predicted molar refractivity (Wildman–Crippen MR) is 111 cm³/mol. The van der Waals surface area contributed by atoms with Gasteiger partial charge in [-0.25, -0.2) is 4.39 Å². The third-order valence-corrected chi connectivity index (χ3v) is 4.97. The summed E-state index contributed by atoms with van der Waals surface area (Å²) in [7, 11) is 0. The number of rotatable bonds is 8. The second-order valence-corrected chi connectivity index (χ2v) is 7.16. The van der Waals surface area contributed by atoms with E-state index in [1.54, 1.807) is 18.2 Å². The monoisotopic (exact) mass is 398 g/mol. The molecular formula is C22H27FN4O2. The third-order valence-electron chi connectivity index (χ3n) is 4.97. The maximum Gasteiger partial charge on any atom is 0.234 e. The molecule has 0 saturated carbocycles. The fourth-order valence-electron chi connectivity index (χ4n) is 3.26. The van der Waals surface area contributed by atoms with E-state index in [4.69, 9.17) is 0 Å². The zero-order chi connectivity index (χ0) is 20.5. The summed E-state index contributed by atoms with van der Waals surface area (Å²) >= 11 is 0. The van der Waals surface area contributed by atoms with Crippen molar-refractivity contribution in [3.05, 3.63) is 66.0 Å². The second-order valence-electron chi connectivity index (χ2n) is 7.16. The topological polar surface area (TPSA) is 64.7 Å². The molecule has 0 aliphatic carbocycles. The Morgan fingerprint density at radius 1 is 0.862 bits per heavy atom. The molecule has 2 aromatic rings. The summed E-state index contributed by atoms with van der Waals surface area (Å²) < 4.78 is 13.6. The fourth-order valence-corrected chi connectivity index (χ4v) is 3.26. The van der Waals surface area contributed by atoms with Gasteiger partial charge >= 0.3 is 0 Å². The number of halogens is 1. The zero-order valence-corrected chi connectivity index (χ0v) is 16.4. The smallest absolute Gasteiger partial charge is 0.234 e. The number of hydrogen-bond acceptors (Lipinski definition) is 4. The lowest BCUT2D eigenvalue weighted by molar-refractivity contribution is -0.122. The van der Waals surface area contributed by atoms with Gasteiger partial charge in [-0.1, -0.05) is 42.5 Å². The quantitative estimate of drug-likeness (QED) is 0.715. The SMILES string of the molecule is O=C(CN1CCN(CCC(=O)Nc2ccccc2F)CC1)NCc1ccccc1. The van der Waals surface area contributed by atoms with Crippen molar-refractivity contribution in [3.8, 4) is 0 Å². The number of nitrogens with zero attached hydrogens (tertiary/aromatic N) is 2. The molecule has 1 fully saturated rings. The molecule has 0 radical (unpaired) electrons. The maximum atomic E-state index is 13.6. The minimum atomic E-state index is -0.431. The molecule has 0 aromatic heterocycles. The molecule has 2 aromatic carbocycles. The lowest BCUT2D eigenvalue weighted by atomic mass is 10.2. The molecule has 6 nitrogen and oxygen atoms in total. The van der Waals surface area contributed by atoms with Crippen molar-refractivity contribution < 1.29 is 14.0 Å². The van der Waals surface area contributed by atoms with Crippen LogP contribution >= 0.6 is 0 Å². The number of carbonyl (C=O) groups is 2. The summed E-state index contributed by atoms with van der Waals surface area (Å²) in [5.74, 6) is -0.607. The number of anilines is 1. The first kappa shape index (κ1) is 21.0. The van der Waals surface area contributed by atoms with Gasteiger partial charge in [0.1, 0.15) is 5.82 Å². The standard InChI is InChI=1S/C22H27FN4O2/c23-19-8-4-5-9-20(19)25-21(28)10-11-26-12-14-27(15-13-26)17-22(29)24-16-18-6-2-1-3-7-18/h1-9H,10-17H2,(H,24,29)(H,25,28). The van der Waals surface area contributed by atoms with Crippen molar-refractivity contribution in [2.75, 3.05) is 44.6 Å². The summed E-state index contributed by atoms with van der Waals surface area (Å²) in [5, 5.41) is 5.56. The maximum absolute atomic E-state index is 13.6. The second kappa shape index (κ2) is 10.7. The largest absolute Gasteiger partial charge is 0.351 e. The Morgan fingerprint density at radius 3 is 2.24 bits per heavy atom. The van der Waals surface area contributed by atoms with E-state index in [1.165, 1.54) is 6.07 Å². The van der Waals surface area contributed by atoms with Crippen molar-refractivity contribution in [2.24, 2.45) is 0 Å². The third kappa shape index (κ3) is 6.96. The van der Waals surface area contributed by atoms with Crippen LogP contribution in [0.4, 0.5) is 10.1 Å². The molecule has 29 heavy (non-hydrogen) atoms. The van der Waals surface area contributed by atoms with Crippen LogP contribution in [0.15, 0.2) is 54.6 Å². The number of hydrogen-bond donors (Lipinski definition) is 2. The molecule has 154 valence electrons. The normalized spacial score (nSPS) is 15.1. The average molecular weight is 398 g/mol. The zero-order valence-electron chi connectivity index (χ0n) is 16.4. The van der Waals surface area contributed by atoms with Crippen LogP contribution in [0.25, 0.3) is 0 Å². The van der Waals surface area contributed by atoms with E-state index in [0.717, 1.165) is 31.7 Å². The molecule has 7 heteroatoms. The summed E-state index contributed by atoms with van der Waals surface area (Å²) in [4.78, 5) is 28.5. The van der Waals surface area contributed by atoms with Gasteiger partial charge in [-0.05, 0) is 17.7 Å². The molecule has 1 aliphatic heterocycles. The van der Waals surface area contributed by atoms with Gasteiger partial charge < -0.3 is 15.5 Å². The van der Waals surface area contributed by atoms with Crippen LogP contribution in [0.2, 0.25) is 0 Å². The van der Waals surface area contributed by atoms with E-state index in [-0.39, 0.29) is 17.5 Å². The van der Waals surface area contributed by atoms with Crippen LogP contribution < -0.4 is 10.6 Å². The highest BCUT2D eigenvalue weighted by molar-refractivity contribution is 5.90. The Kier molecular flexibility index (Phi) is 7.72. The van der Waals surface area contributed by atoms with Gasteiger partial charge in [0, 0.05) is 45.7 Å². The number of para-hydroxylation sites is 1. The molecule has 0 bridgehead atoms. The summed E-state index contributed by atoms with van der Waals surface area (Å²) in [5.41, 5.74) is 1.29. The first-order valence-electron chi connectivity index (χ1n) is 9.90. The fraction of sp³-hybridized carbons (Fsp3) is 0.364. The highest BCUT2D eigenvalue weighted by Gasteiger charge is 2.19. The Bertz CT molecular complexity index is 807. The van der Waals surface area contributed by atoms with Crippen molar-refractivity contribution in [2.45, 2.75) is 13.0 Å². The van der Waals surface area contributed by atoms with Crippen molar-refractivity contribution in [1.29, 1.82) is 0 Å². The van der Waals surface area contributed by atoms with Gasteiger partial charge in [0.2, 0.25) is 11.8 Å². The highest BCUT2D eigenvalue weighted by atomic mass is 19.1. The summed E-state index contributed by atoms with van der Waals surface area (Å²) in [6.07, 6.45) is 0.311. The van der Waals surface area contributed by atoms with Crippen molar-refractivity contribution in [1.82, 2.24) is 15.1 Å². The number of amides is 2. The van der Waals surface area contributed by atoms with Crippen LogP contribution in [0.1, 0.15) is 12.0 Å². The first-order chi connectivity index (χ1) is 14.1. The number of nitrogens with one attached hydrogen (secondary N) is 2. The van der Waals surface area contributed by atoms with Crippen LogP contribution in [0.5, 0.6) is 0 Å². The molecule has 0 unspecified atom stereocenters. The van der Waals surface area contributed by atoms with Crippen LogP contribution in [0.3, 0.4) is 0 Å². The summed E-state index contributed by atoms with van der Waals surface area (Å²) in [6, 6.07) is 16.0. The van der Waals surface area contributed by atoms with E-state index >= 15 is 0 Å². The van der Waals surface area contributed by atoms with E-state index in [2.05, 4.69) is 20.4 Å². The minimum Gasteiger partial charge on any atom is -0.351 e. The van der Waals surface area contributed by atoms with Crippen LogP contribution in [-0.4, -0.2) is 60.9 Å². The van der Waals surface area contributed by atoms with Gasteiger partial charge in [0.15, 0.2) is 0 Å². The predicted octanol–water partition coefficient (Wildman–Crippen LogP) is 2.09. The van der Waals surface area contributed by atoms with Gasteiger partial charge in [-0.2, -0.15) is 0 Å². The van der Waals surface area contributed by atoms with Gasteiger partial charge in [0.05, 0.1) is 12.2 Å². The molecule has 0 atom stereocenters. The number of piperazine rings is 1. The lowest BCUT2D eigenvalue weighted by Gasteiger charge is -2.34.